The van der Waals surface area contributed by atoms with E-state index in [2.05, 4.69) is 6.58 Å². The molecule has 9 heavy (non-hydrogen) atoms. The van der Waals surface area contributed by atoms with Crippen molar-refractivity contribution in [3.8, 4) is 0 Å². The summed E-state index contributed by atoms with van der Waals surface area (Å²) in [7, 11) is 0. The maximum absolute atomic E-state index is 12.2. The maximum atomic E-state index is 12.2. The van der Waals surface area contributed by atoms with Crippen LogP contribution in [0.25, 0.3) is 0 Å². The van der Waals surface area contributed by atoms with Gasteiger partial charge in [0.15, 0.2) is 0 Å². The first-order chi connectivity index (χ1) is 4.09. The largest absolute Gasteiger partial charge is 0.479 e. The van der Waals surface area contributed by atoms with E-state index in [1.165, 1.54) is 13.0 Å². The van der Waals surface area contributed by atoms with Gasteiger partial charge in [0.25, 0.3) is 0 Å². The van der Waals surface area contributed by atoms with Gasteiger partial charge in [-0.25, -0.2) is 9.18 Å². The lowest BCUT2D eigenvalue weighted by Gasteiger charge is -2.05. The predicted molar refractivity (Wildman–Crippen MR) is 31.9 cm³/mol. The molecule has 0 radical (unpaired) electrons. The first-order valence-corrected chi connectivity index (χ1v) is 2.59. The minimum Gasteiger partial charge on any atom is -0.479 e. The molecule has 3 heteroatoms. The van der Waals surface area contributed by atoms with Crippen LogP contribution in [0.2, 0.25) is 0 Å². The molecule has 0 aliphatic rings. The Kier molecular flexibility index (Phi) is 2.91. The lowest BCUT2D eigenvalue weighted by atomic mass is 10.1. The maximum Gasteiger partial charge on any atom is 0.338 e. The highest BCUT2D eigenvalue weighted by molar-refractivity contribution is 5.72. The monoisotopic (exact) mass is 132 g/mol. The summed E-state index contributed by atoms with van der Waals surface area (Å²) >= 11 is 0. The third-order valence-electron chi connectivity index (χ3n) is 1.07. The minimum atomic E-state index is -1.82. The Morgan fingerprint density at radius 2 is 2.33 bits per heavy atom. The van der Waals surface area contributed by atoms with Gasteiger partial charge < -0.3 is 5.11 Å². The second-order valence-electron chi connectivity index (χ2n) is 1.83. The molecular formula is C6H9FO2. The van der Waals surface area contributed by atoms with Crippen molar-refractivity contribution in [1.82, 2.24) is 0 Å². The number of halogens is 1. The average molecular weight is 132 g/mol. The molecule has 52 valence electrons. The molecule has 0 fully saturated rings. The Hall–Kier alpha value is -0.860. The number of alkyl halides is 1. The number of rotatable bonds is 3. The van der Waals surface area contributed by atoms with E-state index < -0.39 is 18.1 Å². The molecule has 0 spiro atoms. The number of hydrogen-bond donors (Lipinski definition) is 1. The van der Waals surface area contributed by atoms with Crippen molar-refractivity contribution < 1.29 is 14.3 Å². The standard InChI is InChI=1S/C6H9FO2/c1-3-4(2)5(7)6(8)9/h3-5H,1H2,2H3,(H,8,9)/t4-,5-/m0/s1. The summed E-state index contributed by atoms with van der Waals surface area (Å²) in [6.45, 7) is 4.72. The summed E-state index contributed by atoms with van der Waals surface area (Å²) in [6, 6.07) is 0. The zero-order valence-corrected chi connectivity index (χ0v) is 5.17. The van der Waals surface area contributed by atoms with Crippen LogP contribution in [-0.2, 0) is 4.79 Å². The number of carboxylic acid groups (broad SMARTS) is 1. The average Bonchev–Trinajstić information content (AvgIpc) is 1.84. The van der Waals surface area contributed by atoms with Gasteiger partial charge in [0.1, 0.15) is 0 Å². The molecule has 0 aromatic heterocycles. The van der Waals surface area contributed by atoms with Gasteiger partial charge in [-0.15, -0.1) is 6.58 Å². The van der Waals surface area contributed by atoms with Crippen molar-refractivity contribution in [2.24, 2.45) is 5.92 Å². The van der Waals surface area contributed by atoms with E-state index in [0.717, 1.165) is 0 Å². The van der Waals surface area contributed by atoms with E-state index in [4.69, 9.17) is 5.11 Å². The number of hydrogen-bond acceptors (Lipinski definition) is 1. The predicted octanol–water partition coefficient (Wildman–Crippen LogP) is 1.23. The van der Waals surface area contributed by atoms with Crippen LogP contribution >= 0.6 is 0 Å². The quantitative estimate of drug-likeness (QED) is 0.586. The molecule has 0 saturated carbocycles. The van der Waals surface area contributed by atoms with Crippen LogP contribution in [0, 0.1) is 5.92 Å². The number of allylic oxidation sites excluding steroid dienone is 1. The summed E-state index contributed by atoms with van der Waals surface area (Å²) in [6.07, 6.45) is -0.541. The van der Waals surface area contributed by atoms with Crippen molar-refractivity contribution in [3.05, 3.63) is 12.7 Å². The van der Waals surface area contributed by atoms with Crippen LogP contribution < -0.4 is 0 Å². The van der Waals surface area contributed by atoms with Gasteiger partial charge in [0.2, 0.25) is 6.17 Å². The molecule has 1 N–H and O–H groups in total. The summed E-state index contributed by atoms with van der Waals surface area (Å²) in [5.41, 5.74) is 0. The second-order valence-corrected chi connectivity index (χ2v) is 1.83. The minimum absolute atomic E-state index is 0.609. The Morgan fingerprint density at radius 3 is 2.44 bits per heavy atom. The molecule has 0 rings (SSSR count). The van der Waals surface area contributed by atoms with Crippen molar-refractivity contribution in [2.75, 3.05) is 0 Å². The highest BCUT2D eigenvalue weighted by Crippen LogP contribution is 2.07. The fraction of sp³-hybridized carbons (Fsp3) is 0.500. The molecule has 0 aromatic rings. The first-order valence-electron chi connectivity index (χ1n) is 2.59. The van der Waals surface area contributed by atoms with E-state index >= 15 is 0 Å². The van der Waals surface area contributed by atoms with Crippen LogP contribution in [0.1, 0.15) is 6.92 Å². The van der Waals surface area contributed by atoms with Gasteiger partial charge >= 0.3 is 5.97 Å². The lowest BCUT2D eigenvalue weighted by Crippen LogP contribution is -2.20. The smallest absolute Gasteiger partial charge is 0.338 e. The highest BCUT2D eigenvalue weighted by Gasteiger charge is 2.20. The molecule has 2 atom stereocenters. The Balaban J connectivity index is 3.86. The van der Waals surface area contributed by atoms with Crippen molar-refractivity contribution in [3.63, 3.8) is 0 Å². The molecule has 0 unspecified atom stereocenters. The van der Waals surface area contributed by atoms with Crippen molar-refractivity contribution in [1.29, 1.82) is 0 Å². The topological polar surface area (TPSA) is 37.3 Å². The number of carbonyl (C=O) groups is 1. The zero-order chi connectivity index (χ0) is 7.44. The molecule has 0 heterocycles. The third kappa shape index (κ3) is 2.26. The van der Waals surface area contributed by atoms with Crippen LogP contribution in [0.15, 0.2) is 12.7 Å². The summed E-state index contributed by atoms with van der Waals surface area (Å²) < 4.78 is 12.2. The Bertz CT molecular complexity index is 122. The SMILES string of the molecule is C=C[C@H](C)[C@H](F)C(=O)O. The second kappa shape index (κ2) is 3.22. The zero-order valence-electron chi connectivity index (χ0n) is 5.17. The molecular weight excluding hydrogens is 123 g/mol. The van der Waals surface area contributed by atoms with Gasteiger partial charge in [-0.1, -0.05) is 13.0 Å². The van der Waals surface area contributed by atoms with Crippen LogP contribution in [-0.4, -0.2) is 17.2 Å². The van der Waals surface area contributed by atoms with E-state index in [1.807, 2.05) is 0 Å². The number of carboxylic acids is 1. The molecule has 0 bridgehead atoms. The molecule has 0 aromatic carbocycles. The van der Waals surface area contributed by atoms with E-state index in [0.29, 0.717) is 0 Å². The fourth-order valence-corrected chi connectivity index (χ4v) is 0.344. The summed E-state index contributed by atoms with van der Waals surface area (Å²) in [4.78, 5) is 9.88. The number of aliphatic carboxylic acids is 1. The van der Waals surface area contributed by atoms with Crippen LogP contribution in [0.5, 0.6) is 0 Å². The van der Waals surface area contributed by atoms with E-state index in [1.54, 1.807) is 0 Å². The molecule has 2 nitrogen and oxygen atoms in total. The third-order valence-corrected chi connectivity index (χ3v) is 1.07. The van der Waals surface area contributed by atoms with Crippen molar-refractivity contribution in [2.45, 2.75) is 13.1 Å². The van der Waals surface area contributed by atoms with E-state index in [-0.39, 0.29) is 0 Å². The lowest BCUT2D eigenvalue weighted by molar-refractivity contribution is -0.143. The van der Waals surface area contributed by atoms with Gasteiger partial charge in [-0.3, -0.25) is 0 Å². The molecule has 0 aliphatic carbocycles. The Morgan fingerprint density at radius 1 is 1.89 bits per heavy atom. The normalized spacial score (nSPS) is 16.2. The highest BCUT2D eigenvalue weighted by atomic mass is 19.1. The molecule has 0 saturated heterocycles. The van der Waals surface area contributed by atoms with Gasteiger partial charge in [0.05, 0.1) is 0 Å². The molecule has 0 amide bonds. The van der Waals surface area contributed by atoms with E-state index in [9.17, 15) is 9.18 Å². The van der Waals surface area contributed by atoms with Crippen LogP contribution in [0.3, 0.4) is 0 Å². The van der Waals surface area contributed by atoms with Gasteiger partial charge in [-0.05, 0) is 0 Å². The Labute approximate surface area is 53.0 Å². The first kappa shape index (κ1) is 8.14. The van der Waals surface area contributed by atoms with Gasteiger partial charge in [0, 0.05) is 5.92 Å². The van der Waals surface area contributed by atoms with Crippen LogP contribution in [0.4, 0.5) is 4.39 Å². The summed E-state index contributed by atoms with van der Waals surface area (Å²) in [5.74, 6) is -2.04. The van der Waals surface area contributed by atoms with Gasteiger partial charge in [-0.2, -0.15) is 0 Å². The molecule has 0 aliphatic heterocycles. The fourth-order valence-electron chi connectivity index (χ4n) is 0.344. The summed E-state index contributed by atoms with van der Waals surface area (Å²) in [5, 5.41) is 8.06. The van der Waals surface area contributed by atoms with Crippen molar-refractivity contribution >= 4 is 5.97 Å².